The third-order valence-electron chi connectivity index (χ3n) is 7.70. The van der Waals surface area contributed by atoms with Crippen molar-refractivity contribution in [2.45, 2.75) is 43.9 Å². The Balaban J connectivity index is 1.06. The third kappa shape index (κ3) is 5.20. The van der Waals surface area contributed by atoms with E-state index in [1.165, 1.54) is 19.2 Å². The van der Waals surface area contributed by atoms with Crippen LogP contribution < -0.4 is 14.8 Å². The number of aromatic amines is 1. The van der Waals surface area contributed by atoms with Crippen molar-refractivity contribution in [2.24, 2.45) is 5.92 Å². The van der Waals surface area contributed by atoms with Gasteiger partial charge in [0.1, 0.15) is 17.5 Å². The van der Waals surface area contributed by atoms with Gasteiger partial charge in [0.15, 0.2) is 5.82 Å². The van der Waals surface area contributed by atoms with E-state index in [0.717, 1.165) is 19.0 Å². The van der Waals surface area contributed by atoms with Crippen molar-refractivity contribution in [1.29, 1.82) is 0 Å². The fourth-order valence-electron chi connectivity index (χ4n) is 5.23. The molecule has 5 heterocycles. The molecule has 11 nitrogen and oxygen atoms in total. The highest BCUT2D eigenvalue weighted by Gasteiger charge is 2.54. The minimum Gasteiger partial charge on any atom is -0.484 e. The second-order valence-electron chi connectivity index (χ2n) is 10.3. The summed E-state index contributed by atoms with van der Waals surface area (Å²) in [5.41, 5.74) is 0.915. The van der Waals surface area contributed by atoms with Crippen LogP contribution in [0.15, 0.2) is 30.6 Å². The number of hydrogen-bond donors (Lipinski definition) is 2. The number of likely N-dealkylation sites (tertiary alicyclic amines) is 1. The molecule has 2 aliphatic heterocycles. The van der Waals surface area contributed by atoms with Gasteiger partial charge in [-0.3, -0.25) is 19.7 Å². The van der Waals surface area contributed by atoms with Gasteiger partial charge in [-0.2, -0.15) is 5.10 Å². The molecule has 1 spiro atoms. The SMILES string of the molecule is COc1cc(-c2cc(C(=O)N3CCC(C(=O)NCc4ncc(OC5COC5)cc4Cl)CC34CC4)[nH]n2)c(F)cn1. The molecule has 1 atom stereocenters. The van der Waals surface area contributed by atoms with E-state index in [4.69, 9.17) is 25.8 Å². The molecule has 6 rings (SSSR count). The predicted octanol–water partition coefficient (Wildman–Crippen LogP) is 3.15. The number of H-pyrrole nitrogens is 1. The lowest BCUT2D eigenvalue weighted by molar-refractivity contribution is -0.127. The lowest BCUT2D eigenvalue weighted by Crippen LogP contribution is -2.50. The molecule has 13 heteroatoms. The minimum atomic E-state index is -0.568. The molecule has 3 aromatic rings. The Morgan fingerprint density at radius 1 is 1.25 bits per heavy atom. The Bertz CT molecular complexity index is 1440. The summed E-state index contributed by atoms with van der Waals surface area (Å²) in [6, 6.07) is 4.65. The number of hydrogen-bond acceptors (Lipinski definition) is 8. The fraction of sp³-hybridized carbons (Fsp3) is 0.444. The summed E-state index contributed by atoms with van der Waals surface area (Å²) in [5.74, 6) is -0.301. The molecule has 1 aliphatic carbocycles. The normalized spacial score (nSPS) is 19.7. The van der Waals surface area contributed by atoms with Crippen LogP contribution >= 0.6 is 11.6 Å². The maximum atomic E-state index is 14.4. The molecule has 1 unspecified atom stereocenters. The molecule has 2 amide bonds. The summed E-state index contributed by atoms with van der Waals surface area (Å²) in [6.45, 7) is 1.72. The van der Waals surface area contributed by atoms with E-state index in [0.29, 0.717) is 49.1 Å². The zero-order valence-electron chi connectivity index (χ0n) is 21.8. The molecule has 3 aromatic heterocycles. The number of pyridine rings is 2. The van der Waals surface area contributed by atoms with Crippen molar-refractivity contribution in [2.75, 3.05) is 26.9 Å². The van der Waals surface area contributed by atoms with Crippen molar-refractivity contribution in [1.82, 2.24) is 30.4 Å². The molecule has 3 fully saturated rings. The quantitative estimate of drug-likeness (QED) is 0.422. The maximum Gasteiger partial charge on any atom is 0.272 e. The Hall–Kier alpha value is -3.77. The highest BCUT2D eigenvalue weighted by Crippen LogP contribution is 2.50. The number of methoxy groups -OCH3 is 1. The lowest BCUT2D eigenvalue weighted by atomic mass is 9.88. The molecule has 3 aliphatic rings. The molecular weight excluding hydrogens is 543 g/mol. The van der Waals surface area contributed by atoms with Gasteiger partial charge in [-0.15, -0.1) is 0 Å². The summed E-state index contributed by atoms with van der Waals surface area (Å²) in [5, 5.41) is 10.3. The zero-order valence-corrected chi connectivity index (χ0v) is 22.5. The molecule has 210 valence electrons. The van der Waals surface area contributed by atoms with Crippen LogP contribution in [0, 0.1) is 11.7 Å². The van der Waals surface area contributed by atoms with Crippen molar-refractivity contribution in [3.8, 4) is 22.9 Å². The first-order valence-electron chi connectivity index (χ1n) is 13.1. The van der Waals surface area contributed by atoms with Crippen molar-refractivity contribution < 1.29 is 28.2 Å². The highest BCUT2D eigenvalue weighted by atomic mass is 35.5. The number of amides is 2. The number of carbonyl (C=O) groups is 2. The van der Waals surface area contributed by atoms with Crippen molar-refractivity contribution >= 4 is 23.4 Å². The van der Waals surface area contributed by atoms with Gasteiger partial charge in [-0.05, 0) is 31.7 Å². The molecule has 2 saturated heterocycles. The van der Waals surface area contributed by atoms with Crippen LogP contribution in [-0.2, 0) is 16.1 Å². The van der Waals surface area contributed by atoms with E-state index >= 15 is 0 Å². The van der Waals surface area contributed by atoms with E-state index in [-0.39, 0.29) is 58.8 Å². The van der Waals surface area contributed by atoms with Gasteiger partial charge >= 0.3 is 0 Å². The molecule has 2 N–H and O–H groups in total. The number of halogens is 2. The van der Waals surface area contributed by atoms with Gasteiger partial charge < -0.3 is 24.4 Å². The molecular formula is C27H28ClFN6O5. The number of rotatable bonds is 8. The van der Waals surface area contributed by atoms with E-state index in [2.05, 4.69) is 25.5 Å². The van der Waals surface area contributed by atoms with E-state index in [1.807, 2.05) is 4.90 Å². The van der Waals surface area contributed by atoms with Gasteiger partial charge in [0.2, 0.25) is 11.8 Å². The first-order chi connectivity index (χ1) is 19.3. The third-order valence-corrected chi connectivity index (χ3v) is 8.03. The van der Waals surface area contributed by atoms with Gasteiger partial charge in [-0.1, -0.05) is 11.6 Å². The number of nitrogens with zero attached hydrogens (tertiary/aromatic N) is 4. The summed E-state index contributed by atoms with van der Waals surface area (Å²) in [4.78, 5) is 36.5. The Kier molecular flexibility index (Phi) is 7.05. The number of nitrogens with one attached hydrogen (secondary N) is 2. The van der Waals surface area contributed by atoms with Crippen LogP contribution in [0.5, 0.6) is 11.6 Å². The van der Waals surface area contributed by atoms with E-state index in [1.54, 1.807) is 12.3 Å². The Morgan fingerprint density at radius 3 is 2.77 bits per heavy atom. The average Bonchev–Trinajstić information content (AvgIpc) is 3.51. The molecule has 1 saturated carbocycles. The number of carbonyl (C=O) groups excluding carboxylic acids is 2. The first kappa shape index (κ1) is 26.5. The topological polar surface area (TPSA) is 132 Å². The van der Waals surface area contributed by atoms with Crippen LogP contribution in [-0.4, -0.2) is 75.4 Å². The van der Waals surface area contributed by atoms with Crippen LogP contribution in [0.1, 0.15) is 41.9 Å². The molecule has 0 radical (unpaired) electrons. The van der Waals surface area contributed by atoms with Crippen molar-refractivity contribution in [3.63, 3.8) is 0 Å². The number of ether oxygens (including phenoxy) is 3. The molecule has 0 aromatic carbocycles. The zero-order chi connectivity index (χ0) is 27.9. The van der Waals surface area contributed by atoms with Crippen LogP contribution in [0.25, 0.3) is 11.3 Å². The van der Waals surface area contributed by atoms with Gasteiger partial charge in [0, 0.05) is 35.7 Å². The van der Waals surface area contributed by atoms with Gasteiger partial charge in [0.25, 0.3) is 5.91 Å². The largest absolute Gasteiger partial charge is 0.484 e. The van der Waals surface area contributed by atoms with Gasteiger partial charge in [-0.25, -0.2) is 9.37 Å². The minimum absolute atomic E-state index is 0.0137. The number of aromatic nitrogens is 4. The fourth-order valence-corrected chi connectivity index (χ4v) is 5.45. The maximum absolute atomic E-state index is 14.4. The smallest absolute Gasteiger partial charge is 0.272 e. The van der Waals surface area contributed by atoms with Crippen LogP contribution in [0.2, 0.25) is 5.02 Å². The van der Waals surface area contributed by atoms with Crippen molar-refractivity contribution in [3.05, 3.63) is 52.8 Å². The summed E-state index contributed by atoms with van der Waals surface area (Å²) >= 11 is 6.37. The summed E-state index contributed by atoms with van der Waals surface area (Å²) < 4.78 is 30.2. The van der Waals surface area contributed by atoms with Crippen LogP contribution in [0.4, 0.5) is 4.39 Å². The summed E-state index contributed by atoms with van der Waals surface area (Å²) in [6.07, 6.45) is 5.39. The monoisotopic (exact) mass is 570 g/mol. The Labute approximate surface area is 234 Å². The van der Waals surface area contributed by atoms with Crippen LogP contribution in [0.3, 0.4) is 0 Å². The average molecular weight is 571 g/mol. The predicted molar refractivity (Wildman–Crippen MR) is 140 cm³/mol. The van der Waals surface area contributed by atoms with Gasteiger partial charge in [0.05, 0.1) is 55.7 Å². The molecule has 40 heavy (non-hydrogen) atoms. The van der Waals surface area contributed by atoms with E-state index < -0.39 is 5.82 Å². The number of piperidine rings is 1. The lowest BCUT2D eigenvalue weighted by Gasteiger charge is -2.39. The standard InChI is InChI=1S/C27H28ClFN6O5/c1-38-24-7-18(20(29)11-31-24)21-8-22(34-33-21)26(37)35-5-2-15(9-27(35)3-4-27)25(36)32-12-23-19(28)6-16(10-30-23)40-17-13-39-14-17/h6-8,10-11,15,17H,2-5,9,12-14H2,1H3,(H,32,36)(H,33,34). The first-order valence-corrected chi connectivity index (χ1v) is 13.5. The van der Waals surface area contributed by atoms with E-state index in [9.17, 15) is 14.0 Å². The highest BCUT2D eigenvalue weighted by molar-refractivity contribution is 6.31. The summed E-state index contributed by atoms with van der Waals surface area (Å²) in [7, 11) is 1.44. The molecule has 0 bridgehead atoms. The second kappa shape index (κ2) is 10.7. The Morgan fingerprint density at radius 2 is 2.08 bits per heavy atom. The second-order valence-corrected chi connectivity index (χ2v) is 10.7.